The molecule has 2 aromatic rings. The molecule has 0 saturated heterocycles. The van der Waals surface area contributed by atoms with Crippen molar-refractivity contribution in [3.8, 4) is 10.0 Å². The SMILES string of the molecule is CC(=O)N/N=C(\CCCCCC(=O)c1nc(-c2nccs2)sc1C1CC1)C(F)(F)F. The summed E-state index contributed by atoms with van der Waals surface area (Å²) in [4.78, 5) is 33.3. The fourth-order valence-corrected chi connectivity index (χ4v) is 4.79. The van der Waals surface area contributed by atoms with E-state index in [1.54, 1.807) is 6.20 Å². The van der Waals surface area contributed by atoms with E-state index in [2.05, 4.69) is 15.1 Å². The van der Waals surface area contributed by atoms with Crippen molar-refractivity contribution in [3.63, 3.8) is 0 Å². The Labute approximate surface area is 179 Å². The molecule has 3 rings (SSSR count). The molecule has 1 aliphatic rings. The molecule has 0 aliphatic heterocycles. The van der Waals surface area contributed by atoms with Crippen LogP contribution in [0.5, 0.6) is 0 Å². The number of hydrogen-bond acceptors (Lipinski definition) is 7. The smallest absolute Gasteiger partial charge is 0.292 e. The molecular weight excluding hydrogens is 437 g/mol. The highest BCUT2D eigenvalue weighted by Gasteiger charge is 2.35. The maximum Gasteiger partial charge on any atom is 0.431 e. The number of amides is 1. The second-order valence-corrected chi connectivity index (χ2v) is 8.98. The van der Waals surface area contributed by atoms with Crippen LogP contribution in [-0.4, -0.2) is 33.5 Å². The van der Waals surface area contributed by atoms with Gasteiger partial charge in [-0.25, -0.2) is 15.4 Å². The summed E-state index contributed by atoms with van der Waals surface area (Å²) in [5.41, 5.74) is 1.31. The summed E-state index contributed by atoms with van der Waals surface area (Å²) >= 11 is 2.99. The first-order valence-electron chi connectivity index (χ1n) is 9.60. The lowest BCUT2D eigenvalue weighted by atomic mass is 10.1. The van der Waals surface area contributed by atoms with Gasteiger partial charge in [-0.05, 0) is 38.0 Å². The molecule has 0 aromatic carbocycles. The summed E-state index contributed by atoms with van der Waals surface area (Å²) in [7, 11) is 0. The number of hydrazone groups is 1. The monoisotopic (exact) mass is 458 g/mol. The number of thiazole rings is 2. The van der Waals surface area contributed by atoms with Crippen LogP contribution < -0.4 is 5.43 Å². The Balaban J connectivity index is 1.52. The largest absolute Gasteiger partial charge is 0.431 e. The minimum atomic E-state index is -4.59. The molecule has 0 unspecified atom stereocenters. The molecule has 0 radical (unpaired) electrons. The third kappa shape index (κ3) is 6.18. The Morgan fingerprint density at radius 2 is 1.93 bits per heavy atom. The van der Waals surface area contributed by atoms with Crippen molar-refractivity contribution in [1.29, 1.82) is 0 Å². The molecule has 1 saturated carbocycles. The number of carbonyl (C=O) groups excluding carboxylic acids is 2. The van der Waals surface area contributed by atoms with Crippen LogP contribution in [0.1, 0.15) is 73.2 Å². The van der Waals surface area contributed by atoms with E-state index in [0.717, 1.165) is 34.7 Å². The molecule has 0 bridgehead atoms. The van der Waals surface area contributed by atoms with Gasteiger partial charge in [-0.1, -0.05) is 6.42 Å². The van der Waals surface area contributed by atoms with Gasteiger partial charge in [0.05, 0.1) is 0 Å². The van der Waals surface area contributed by atoms with Crippen LogP contribution >= 0.6 is 22.7 Å². The molecular formula is C19H21F3N4O2S2. The van der Waals surface area contributed by atoms with Crippen LogP contribution in [0.15, 0.2) is 16.7 Å². The number of Topliss-reactive ketones (excluding diaryl/α,β-unsaturated/α-hetero) is 1. The average molecular weight is 459 g/mol. The normalized spacial score (nSPS) is 14.7. The zero-order valence-corrected chi connectivity index (χ0v) is 17.9. The number of unbranched alkanes of at least 4 members (excludes halogenated alkanes) is 2. The Kier molecular flexibility index (Phi) is 7.35. The second-order valence-electron chi connectivity index (χ2n) is 7.05. The number of alkyl halides is 3. The third-order valence-electron chi connectivity index (χ3n) is 4.47. The maximum absolute atomic E-state index is 12.9. The van der Waals surface area contributed by atoms with Crippen LogP contribution in [0, 0.1) is 0 Å². The zero-order chi connectivity index (χ0) is 21.7. The summed E-state index contributed by atoms with van der Waals surface area (Å²) in [6, 6.07) is 0. The van der Waals surface area contributed by atoms with E-state index in [4.69, 9.17) is 0 Å². The Morgan fingerprint density at radius 3 is 2.53 bits per heavy atom. The second kappa shape index (κ2) is 9.78. The van der Waals surface area contributed by atoms with Crippen LogP contribution in [-0.2, 0) is 4.79 Å². The van der Waals surface area contributed by atoms with Gasteiger partial charge < -0.3 is 0 Å². The average Bonchev–Trinajstić information content (AvgIpc) is 3.18. The fraction of sp³-hybridized carbons (Fsp3) is 0.526. The molecule has 1 fully saturated rings. The fourth-order valence-electron chi connectivity index (χ4n) is 2.85. The zero-order valence-electron chi connectivity index (χ0n) is 16.3. The number of rotatable bonds is 10. The molecule has 1 aliphatic carbocycles. The first-order valence-corrected chi connectivity index (χ1v) is 11.3. The highest BCUT2D eigenvalue weighted by Crippen LogP contribution is 2.46. The third-order valence-corrected chi connectivity index (χ3v) is 6.61. The standard InChI is InChI=1S/C19H21F3N4O2S2/c1-11(27)25-26-14(19(20,21)22)6-4-2-3-5-13(28)15-16(12-7-8-12)30-18(24-15)17-23-9-10-29-17/h9-10,12H,2-8H2,1H3,(H,25,27)/b26-14+. The van der Waals surface area contributed by atoms with E-state index in [9.17, 15) is 22.8 Å². The molecule has 1 amide bonds. The van der Waals surface area contributed by atoms with Crippen molar-refractivity contribution >= 4 is 40.1 Å². The summed E-state index contributed by atoms with van der Waals surface area (Å²) in [6.07, 6.45) is 0.278. The topological polar surface area (TPSA) is 84.3 Å². The molecule has 6 nitrogen and oxygen atoms in total. The first kappa shape index (κ1) is 22.5. The van der Waals surface area contributed by atoms with Crippen LogP contribution in [0.2, 0.25) is 0 Å². The van der Waals surface area contributed by atoms with Gasteiger partial charge >= 0.3 is 6.18 Å². The van der Waals surface area contributed by atoms with Crippen molar-refractivity contribution in [2.45, 2.75) is 64.0 Å². The Hall–Kier alpha value is -2.14. The molecule has 2 heterocycles. The predicted octanol–water partition coefficient (Wildman–Crippen LogP) is 5.33. The Morgan fingerprint density at radius 1 is 1.20 bits per heavy atom. The number of halogens is 3. The van der Waals surface area contributed by atoms with Crippen molar-refractivity contribution in [1.82, 2.24) is 15.4 Å². The van der Waals surface area contributed by atoms with Crippen molar-refractivity contribution in [2.75, 3.05) is 0 Å². The van der Waals surface area contributed by atoms with Gasteiger partial charge in [0.1, 0.15) is 11.4 Å². The van der Waals surface area contributed by atoms with E-state index in [-0.39, 0.29) is 25.0 Å². The van der Waals surface area contributed by atoms with Crippen molar-refractivity contribution in [3.05, 3.63) is 22.1 Å². The van der Waals surface area contributed by atoms with Crippen LogP contribution in [0.3, 0.4) is 0 Å². The van der Waals surface area contributed by atoms with E-state index in [1.165, 1.54) is 22.7 Å². The molecule has 1 N–H and O–H groups in total. The lowest BCUT2D eigenvalue weighted by Gasteiger charge is -2.10. The highest BCUT2D eigenvalue weighted by atomic mass is 32.1. The van der Waals surface area contributed by atoms with Gasteiger partial charge in [0.25, 0.3) is 0 Å². The van der Waals surface area contributed by atoms with E-state index < -0.39 is 17.8 Å². The van der Waals surface area contributed by atoms with E-state index in [0.29, 0.717) is 24.5 Å². The van der Waals surface area contributed by atoms with Crippen LogP contribution in [0.4, 0.5) is 13.2 Å². The van der Waals surface area contributed by atoms with Crippen molar-refractivity contribution < 1.29 is 22.8 Å². The molecule has 0 atom stereocenters. The van der Waals surface area contributed by atoms with Crippen LogP contribution in [0.25, 0.3) is 10.0 Å². The van der Waals surface area contributed by atoms with Gasteiger partial charge in [-0.2, -0.15) is 18.3 Å². The van der Waals surface area contributed by atoms with Gasteiger partial charge in [-0.3, -0.25) is 9.59 Å². The first-order chi connectivity index (χ1) is 14.3. The molecule has 162 valence electrons. The van der Waals surface area contributed by atoms with Gasteiger partial charge in [-0.15, -0.1) is 22.7 Å². The van der Waals surface area contributed by atoms with Gasteiger partial charge in [0.2, 0.25) is 5.91 Å². The van der Waals surface area contributed by atoms with Gasteiger partial charge in [0.15, 0.2) is 15.8 Å². The minimum Gasteiger partial charge on any atom is -0.292 e. The molecule has 2 aromatic heterocycles. The predicted molar refractivity (Wildman–Crippen MR) is 110 cm³/mol. The van der Waals surface area contributed by atoms with E-state index >= 15 is 0 Å². The molecule has 11 heteroatoms. The summed E-state index contributed by atoms with van der Waals surface area (Å²) < 4.78 is 38.8. The quantitative estimate of drug-likeness (QED) is 0.226. The van der Waals surface area contributed by atoms with Crippen molar-refractivity contribution in [2.24, 2.45) is 5.10 Å². The lowest BCUT2D eigenvalue weighted by Crippen LogP contribution is -2.27. The number of aromatic nitrogens is 2. The lowest BCUT2D eigenvalue weighted by molar-refractivity contribution is -0.119. The van der Waals surface area contributed by atoms with Gasteiger partial charge in [0, 0.05) is 29.8 Å². The Bertz CT molecular complexity index is 919. The summed E-state index contributed by atoms with van der Waals surface area (Å²) in [6.45, 7) is 1.09. The minimum absolute atomic E-state index is 0.0704. The number of nitrogens with zero attached hydrogens (tertiary/aromatic N) is 3. The highest BCUT2D eigenvalue weighted by molar-refractivity contribution is 7.20. The number of nitrogens with one attached hydrogen (secondary N) is 1. The maximum atomic E-state index is 12.9. The number of hydrogen-bond donors (Lipinski definition) is 1. The molecule has 30 heavy (non-hydrogen) atoms. The van der Waals surface area contributed by atoms with E-state index in [1.807, 2.05) is 10.8 Å². The molecule has 0 spiro atoms. The number of carbonyl (C=O) groups is 2. The summed E-state index contributed by atoms with van der Waals surface area (Å²) in [5.74, 6) is -0.345. The number of ketones is 1. The summed E-state index contributed by atoms with van der Waals surface area (Å²) in [5, 5.41) is 6.55.